The number of nitrogens with zero attached hydrogens (tertiary/aromatic N) is 1. The Balaban J connectivity index is 2.89. The lowest BCUT2D eigenvalue weighted by atomic mass is 10.1. The van der Waals surface area contributed by atoms with Crippen LogP contribution in [0.5, 0.6) is 0 Å². The van der Waals surface area contributed by atoms with E-state index in [0.717, 1.165) is 30.0 Å². The summed E-state index contributed by atoms with van der Waals surface area (Å²) in [4.78, 5) is 0. The number of anilines is 2. The van der Waals surface area contributed by atoms with E-state index >= 15 is 0 Å². The topological polar surface area (TPSA) is 41.3 Å². The minimum Gasteiger partial charge on any atom is -0.399 e. The van der Waals surface area contributed by atoms with E-state index < -0.39 is 0 Å². The van der Waals surface area contributed by atoms with Gasteiger partial charge in [0, 0.05) is 18.8 Å². The van der Waals surface area contributed by atoms with Gasteiger partial charge in [0.2, 0.25) is 0 Å². The van der Waals surface area contributed by atoms with Crippen molar-refractivity contribution in [1.29, 1.82) is 0 Å². The lowest BCUT2D eigenvalue weighted by Crippen LogP contribution is -2.29. The largest absolute Gasteiger partial charge is 0.399 e. The fourth-order valence-corrected chi connectivity index (χ4v) is 1.51. The molecular weight excluding hydrogens is 186 g/mol. The van der Waals surface area contributed by atoms with Gasteiger partial charge in [0.1, 0.15) is 0 Å². The maximum absolute atomic E-state index is 5.84. The molecule has 0 atom stereocenters. The predicted octanol–water partition coefficient (Wildman–Crippen LogP) is 2.55. The molecule has 3 nitrogen and oxygen atoms in total. The molecule has 0 fully saturated rings. The van der Waals surface area contributed by atoms with Gasteiger partial charge in [-0.3, -0.25) is 0 Å². The Morgan fingerprint density at radius 1 is 1.13 bits per heavy atom. The zero-order valence-electron chi connectivity index (χ0n) is 10.1. The Labute approximate surface area is 92.2 Å². The summed E-state index contributed by atoms with van der Waals surface area (Å²) < 4.78 is 0. The molecule has 0 saturated heterocycles. The monoisotopic (exact) mass is 207 g/mol. The molecule has 0 amide bonds. The molecule has 0 saturated carbocycles. The van der Waals surface area contributed by atoms with Crippen LogP contribution in [0.1, 0.15) is 25.0 Å². The van der Waals surface area contributed by atoms with Crippen molar-refractivity contribution in [2.45, 2.75) is 27.7 Å². The van der Waals surface area contributed by atoms with Crippen molar-refractivity contribution >= 4 is 11.4 Å². The number of hydrogen-bond donors (Lipinski definition) is 2. The van der Waals surface area contributed by atoms with Gasteiger partial charge >= 0.3 is 0 Å². The SMILES string of the molecule is CCN(CC)Nc1cc(C)c(N)cc1C. The minimum absolute atomic E-state index is 0.859. The van der Waals surface area contributed by atoms with Gasteiger partial charge in [0.05, 0.1) is 5.69 Å². The summed E-state index contributed by atoms with van der Waals surface area (Å²) in [6.45, 7) is 10.3. The van der Waals surface area contributed by atoms with E-state index in [-0.39, 0.29) is 0 Å². The highest BCUT2D eigenvalue weighted by atomic mass is 15.5. The Kier molecular flexibility index (Phi) is 3.97. The summed E-state index contributed by atoms with van der Waals surface area (Å²) in [6, 6.07) is 4.12. The molecule has 1 aromatic carbocycles. The highest BCUT2D eigenvalue weighted by Gasteiger charge is 2.04. The molecule has 0 heterocycles. The normalized spacial score (nSPS) is 10.7. The number of hydrazine groups is 1. The van der Waals surface area contributed by atoms with Crippen LogP contribution in [0.2, 0.25) is 0 Å². The summed E-state index contributed by atoms with van der Waals surface area (Å²) in [5, 5.41) is 2.16. The number of hydrogen-bond acceptors (Lipinski definition) is 3. The maximum atomic E-state index is 5.84. The summed E-state index contributed by atoms with van der Waals surface area (Å²) >= 11 is 0. The molecule has 3 heteroatoms. The van der Waals surface area contributed by atoms with Gasteiger partial charge < -0.3 is 11.2 Å². The van der Waals surface area contributed by atoms with E-state index in [0.29, 0.717) is 0 Å². The van der Waals surface area contributed by atoms with E-state index in [1.807, 2.05) is 13.0 Å². The van der Waals surface area contributed by atoms with Crippen LogP contribution in [0, 0.1) is 13.8 Å². The smallest absolute Gasteiger partial charge is 0.0523 e. The van der Waals surface area contributed by atoms with E-state index in [1.165, 1.54) is 5.56 Å². The molecule has 0 spiro atoms. The summed E-state index contributed by atoms with van der Waals surface area (Å²) in [6.07, 6.45) is 0. The van der Waals surface area contributed by atoms with Crippen LogP contribution in [0.4, 0.5) is 11.4 Å². The molecule has 0 unspecified atom stereocenters. The first kappa shape index (κ1) is 11.9. The Hall–Kier alpha value is -1.22. The van der Waals surface area contributed by atoms with E-state index in [4.69, 9.17) is 5.73 Å². The Bertz CT molecular complexity index is 330. The first-order chi connectivity index (χ1) is 7.08. The van der Waals surface area contributed by atoms with Gasteiger partial charge in [-0.15, -0.1) is 0 Å². The minimum atomic E-state index is 0.859. The molecule has 0 aromatic heterocycles. The van der Waals surface area contributed by atoms with Crippen molar-refractivity contribution in [1.82, 2.24) is 5.01 Å². The van der Waals surface area contributed by atoms with Crippen LogP contribution in [-0.2, 0) is 0 Å². The van der Waals surface area contributed by atoms with Crippen molar-refractivity contribution in [3.05, 3.63) is 23.3 Å². The van der Waals surface area contributed by atoms with Gasteiger partial charge in [-0.1, -0.05) is 13.8 Å². The Morgan fingerprint density at radius 2 is 1.73 bits per heavy atom. The predicted molar refractivity (Wildman–Crippen MR) is 66.9 cm³/mol. The third-order valence-electron chi connectivity index (χ3n) is 2.66. The number of nitrogens with two attached hydrogens (primary N) is 1. The third-order valence-corrected chi connectivity index (χ3v) is 2.66. The average Bonchev–Trinajstić information content (AvgIpc) is 2.21. The van der Waals surface area contributed by atoms with Crippen molar-refractivity contribution in [2.24, 2.45) is 0 Å². The average molecular weight is 207 g/mol. The van der Waals surface area contributed by atoms with Gasteiger partial charge in [0.15, 0.2) is 0 Å². The summed E-state index contributed by atoms with van der Waals surface area (Å²) in [5.74, 6) is 0. The Morgan fingerprint density at radius 3 is 2.27 bits per heavy atom. The molecule has 0 aliphatic heterocycles. The number of nitrogens with one attached hydrogen (secondary N) is 1. The summed E-state index contributed by atoms with van der Waals surface area (Å²) in [5.41, 5.74) is 13.5. The fraction of sp³-hybridized carbons (Fsp3) is 0.500. The van der Waals surface area contributed by atoms with Crippen LogP contribution in [0.15, 0.2) is 12.1 Å². The molecule has 1 rings (SSSR count). The molecule has 0 aliphatic rings. The first-order valence-corrected chi connectivity index (χ1v) is 5.46. The van der Waals surface area contributed by atoms with Crippen LogP contribution >= 0.6 is 0 Å². The first-order valence-electron chi connectivity index (χ1n) is 5.46. The second-order valence-corrected chi connectivity index (χ2v) is 3.81. The quantitative estimate of drug-likeness (QED) is 0.589. The maximum Gasteiger partial charge on any atom is 0.0523 e. The highest BCUT2D eigenvalue weighted by molar-refractivity contribution is 5.61. The molecule has 1 aromatic rings. The van der Waals surface area contributed by atoms with Crippen LogP contribution in [-0.4, -0.2) is 18.1 Å². The van der Waals surface area contributed by atoms with Gasteiger partial charge in [-0.25, -0.2) is 5.01 Å². The van der Waals surface area contributed by atoms with Crippen molar-refractivity contribution in [3.63, 3.8) is 0 Å². The highest BCUT2D eigenvalue weighted by Crippen LogP contribution is 2.22. The zero-order valence-corrected chi connectivity index (χ0v) is 10.1. The van der Waals surface area contributed by atoms with Crippen LogP contribution < -0.4 is 11.2 Å². The lowest BCUT2D eigenvalue weighted by Gasteiger charge is -2.22. The van der Waals surface area contributed by atoms with E-state index in [9.17, 15) is 0 Å². The zero-order chi connectivity index (χ0) is 11.4. The van der Waals surface area contributed by atoms with Gasteiger partial charge in [-0.05, 0) is 37.1 Å². The van der Waals surface area contributed by atoms with Crippen molar-refractivity contribution in [3.8, 4) is 0 Å². The molecular formula is C12H21N3. The molecule has 0 bridgehead atoms. The molecule has 84 valence electrons. The molecule has 15 heavy (non-hydrogen) atoms. The van der Waals surface area contributed by atoms with Crippen LogP contribution in [0.25, 0.3) is 0 Å². The van der Waals surface area contributed by atoms with Crippen LogP contribution in [0.3, 0.4) is 0 Å². The standard InChI is InChI=1S/C12H21N3/c1-5-15(6-2)14-12-8-9(3)11(13)7-10(12)4/h7-8,14H,5-6,13H2,1-4H3. The number of nitrogen functional groups attached to an aromatic ring is 1. The number of rotatable bonds is 4. The number of benzene rings is 1. The summed E-state index contributed by atoms with van der Waals surface area (Å²) in [7, 11) is 0. The van der Waals surface area contributed by atoms with Crippen molar-refractivity contribution in [2.75, 3.05) is 24.2 Å². The van der Waals surface area contributed by atoms with E-state index in [1.54, 1.807) is 0 Å². The molecule has 0 radical (unpaired) electrons. The van der Waals surface area contributed by atoms with Gasteiger partial charge in [-0.2, -0.15) is 0 Å². The second kappa shape index (κ2) is 5.03. The third kappa shape index (κ3) is 2.86. The number of aryl methyl sites for hydroxylation is 2. The molecule has 3 N–H and O–H groups in total. The lowest BCUT2D eigenvalue weighted by molar-refractivity contribution is 0.367. The van der Waals surface area contributed by atoms with Crippen molar-refractivity contribution < 1.29 is 0 Å². The fourth-order valence-electron chi connectivity index (χ4n) is 1.51. The second-order valence-electron chi connectivity index (χ2n) is 3.81. The molecule has 0 aliphatic carbocycles. The van der Waals surface area contributed by atoms with E-state index in [2.05, 4.69) is 37.3 Å². The van der Waals surface area contributed by atoms with Gasteiger partial charge in [0.25, 0.3) is 0 Å².